The van der Waals surface area contributed by atoms with Gasteiger partial charge in [0.05, 0.1) is 12.0 Å². The van der Waals surface area contributed by atoms with E-state index in [9.17, 15) is 5.11 Å². The van der Waals surface area contributed by atoms with Gasteiger partial charge in [0.2, 0.25) is 0 Å². The maximum absolute atomic E-state index is 9.43. The van der Waals surface area contributed by atoms with Crippen LogP contribution in [0.25, 0.3) is 0 Å². The molecule has 0 aliphatic rings. The van der Waals surface area contributed by atoms with Crippen LogP contribution >= 0.6 is 0 Å². The van der Waals surface area contributed by atoms with E-state index in [1.807, 2.05) is 6.92 Å². The first kappa shape index (κ1) is 15.5. The molecule has 0 amide bonds. The summed E-state index contributed by atoms with van der Waals surface area (Å²) >= 11 is 0. The van der Waals surface area contributed by atoms with Gasteiger partial charge in [-0.25, -0.2) is 0 Å². The molecule has 1 atom stereocenters. The summed E-state index contributed by atoms with van der Waals surface area (Å²) in [5.41, 5.74) is -0.228. The number of aliphatic hydroxyl groups excluding tert-OH is 1. The van der Waals surface area contributed by atoms with E-state index in [0.29, 0.717) is 11.8 Å². The Kier molecular flexibility index (Phi) is 5.56. The summed E-state index contributed by atoms with van der Waals surface area (Å²) in [5, 5.41) is 9.43. The van der Waals surface area contributed by atoms with Crippen molar-refractivity contribution in [1.29, 1.82) is 0 Å². The van der Waals surface area contributed by atoms with E-state index in [-0.39, 0.29) is 17.4 Å². The lowest BCUT2D eigenvalue weighted by atomic mass is 9.78. The van der Waals surface area contributed by atoms with Crippen molar-refractivity contribution in [3.8, 4) is 11.8 Å². The fraction of sp³-hybridized carbons (Fsp3) is 0.867. The molecule has 0 aliphatic carbocycles. The van der Waals surface area contributed by atoms with Crippen molar-refractivity contribution < 1.29 is 5.11 Å². The number of hydrogen-bond donors (Lipinski definition) is 1. The van der Waals surface area contributed by atoms with Crippen LogP contribution in [-0.4, -0.2) is 11.7 Å². The second-order valence-corrected chi connectivity index (χ2v) is 6.46. The van der Waals surface area contributed by atoms with Crippen LogP contribution in [0.5, 0.6) is 0 Å². The van der Waals surface area contributed by atoms with Crippen LogP contribution in [0.2, 0.25) is 0 Å². The fourth-order valence-corrected chi connectivity index (χ4v) is 1.75. The zero-order valence-electron chi connectivity index (χ0n) is 12.0. The van der Waals surface area contributed by atoms with Gasteiger partial charge in [-0.2, -0.15) is 0 Å². The van der Waals surface area contributed by atoms with Gasteiger partial charge in [-0.3, -0.25) is 0 Å². The topological polar surface area (TPSA) is 20.2 Å². The van der Waals surface area contributed by atoms with E-state index in [1.165, 1.54) is 0 Å². The molecule has 0 rings (SSSR count). The van der Waals surface area contributed by atoms with Crippen LogP contribution in [0.4, 0.5) is 0 Å². The van der Waals surface area contributed by atoms with Gasteiger partial charge in [0, 0.05) is 5.41 Å². The van der Waals surface area contributed by atoms with Gasteiger partial charge in [-0.1, -0.05) is 39.5 Å². The maximum Gasteiger partial charge on any atom is 0.0596 e. The van der Waals surface area contributed by atoms with E-state index < -0.39 is 0 Å². The first-order valence-corrected chi connectivity index (χ1v) is 6.28. The van der Waals surface area contributed by atoms with Gasteiger partial charge in [-0.15, -0.1) is 0 Å². The van der Waals surface area contributed by atoms with Crippen molar-refractivity contribution in [2.75, 3.05) is 6.61 Å². The summed E-state index contributed by atoms with van der Waals surface area (Å²) in [4.78, 5) is 0. The molecule has 0 aromatic rings. The summed E-state index contributed by atoms with van der Waals surface area (Å²) < 4.78 is 0. The minimum Gasteiger partial charge on any atom is -0.395 e. The maximum atomic E-state index is 9.43. The highest BCUT2D eigenvalue weighted by molar-refractivity contribution is 5.17. The average molecular weight is 224 g/mol. The van der Waals surface area contributed by atoms with Gasteiger partial charge in [-0.05, 0) is 39.0 Å². The Labute approximate surface area is 102 Å². The molecule has 94 valence electrons. The number of rotatable bonds is 4. The fourth-order valence-electron chi connectivity index (χ4n) is 1.75. The van der Waals surface area contributed by atoms with Crippen LogP contribution in [0.3, 0.4) is 0 Å². The third-order valence-corrected chi connectivity index (χ3v) is 3.21. The van der Waals surface area contributed by atoms with Crippen LogP contribution in [-0.2, 0) is 0 Å². The second kappa shape index (κ2) is 5.73. The Bertz CT molecular complexity index is 265. The highest BCUT2D eigenvalue weighted by Gasteiger charge is 2.26. The third-order valence-electron chi connectivity index (χ3n) is 3.21. The van der Waals surface area contributed by atoms with Crippen LogP contribution in [0, 0.1) is 34.5 Å². The van der Waals surface area contributed by atoms with Crippen molar-refractivity contribution >= 4 is 0 Å². The Hall–Kier alpha value is -0.480. The molecule has 0 spiro atoms. The summed E-state index contributed by atoms with van der Waals surface area (Å²) in [6, 6.07) is 0. The lowest BCUT2D eigenvalue weighted by Crippen LogP contribution is -2.26. The van der Waals surface area contributed by atoms with Gasteiger partial charge < -0.3 is 5.11 Å². The molecule has 1 N–H and O–H groups in total. The molecule has 0 aromatic carbocycles. The van der Waals surface area contributed by atoms with E-state index in [4.69, 9.17) is 0 Å². The molecule has 1 unspecified atom stereocenters. The Morgan fingerprint density at radius 1 is 1.00 bits per heavy atom. The molecule has 0 fully saturated rings. The normalized spacial score (nSPS) is 15.9. The summed E-state index contributed by atoms with van der Waals surface area (Å²) in [7, 11) is 0. The molecule has 0 bridgehead atoms. The van der Waals surface area contributed by atoms with Gasteiger partial charge in [0.1, 0.15) is 0 Å². The predicted molar refractivity (Wildman–Crippen MR) is 71.0 cm³/mol. The molecule has 0 radical (unpaired) electrons. The molecule has 0 heterocycles. The molecule has 1 heteroatoms. The Morgan fingerprint density at radius 3 is 1.81 bits per heavy atom. The smallest absolute Gasteiger partial charge is 0.0596 e. The molecule has 1 nitrogen and oxygen atoms in total. The first-order chi connectivity index (χ1) is 7.13. The molecule has 0 aliphatic heterocycles. The third kappa shape index (κ3) is 5.03. The molecular formula is C15H28O. The van der Waals surface area contributed by atoms with Crippen molar-refractivity contribution in [1.82, 2.24) is 0 Å². The average Bonchev–Trinajstić information content (AvgIpc) is 2.12. The van der Waals surface area contributed by atoms with Crippen molar-refractivity contribution in [2.45, 2.75) is 54.9 Å². The first-order valence-electron chi connectivity index (χ1n) is 6.28. The molecule has 16 heavy (non-hydrogen) atoms. The Balaban J connectivity index is 4.81. The van der Waals surface area contributed by atoms with E-state index >= 15 is 0 Å². The minimum absolute atomic E-state index is 0.0412. The minimum atomic E-state index is -0.270. The van der Waals surface area contributed by atoms with E-state index in [1.54, 1.807) is 0 Å². The molecule has 0 aromatic heterocycles. The molecule has 0 saturated carbocycles. The van der Waals surface area contributed by atoms with E-state index in [2.05, 4.69) is 53.4 Å². The van der Waals surface area contributed by atoms with Gasteiger partial charge >= 0.3 is 0 Å². The zero-order valence-corrected chi connectivity index (χ0v) is 12.0. The zero-order chi connectivity index (χ0) is 13.0. The summed E-state index contributed by atoms with van der Waals surface area (Å²) in [5.74, 6) is 7.68. The molecule has 0 saturated heterocycles. The standard InChI is InChI=1S/C15H28O/c1-12(2)10-14(5,6)8-9-15(7,11-16)13(3)4/h12-13,16H,10-11H2,1-7H3. The quantitative estimate of drug-likeness (QED) is 0.722. The number of aliphatic hydroxyl groups is 1. The largest absolute Gasteiger partial charge is 0.395 e. The highest BCUT2D eigenvalue weighted by atomic mass is 16.3. The predicted octanol–water partition coefficient (Wildman–Crippen LogP) is 3.72. The van der Waals surface area contributed by atoms with Crippen molar-refractivity contribution in [3.63, 3.8) is 0 Å². The van der Waals surface area contributed by atoms with Crippen LogP contribution in [0.15, 0.2) is 0 Å². The SMILES string of the molecule is CC(C)CC(C)(C)C#CC(C)(CO)C(C)C. The summed E-state index contributed by atoms with van der Waals surface area (Å²) in [6.07, 6.45) is 1.10. The summed E-state index contributed by atoms with van der Waals surface area (Å²) in [6.45, 7) is 15.2. The van der Waals surface area contributed by atoms with Crippen LogP contribution < -0.4 is 0 Å². The lowest BCUT2D eigenvalue weighted by Gasteiger charge is -2.27. The van der Waals surface area contributed by atoms with Gasteiger partial charge in [0.15, 0.2) is 0 Å². The van der Waals surface area contributed by atoms with Crippen molar-refractivity contribution in [2.24, 2.45) is 22.7 Å². The van der Waals surface area contributed by atoms with Gasteiger partial charge in [0.25, 0.3) is 0 Å². The monoisotopic (exact) mass is 224 g/mol. The molecular weight excluding hydrogens is 196 g/mol. The van der Waals surface area contributed by atoms with Crippen molar-refractivity contribution in [3.05, 3.63) is 0 Å². The lowest BCUT2D eigenvalue weighted by molar-refractivity contribution is 0.148. The van der Waals surface area contributed by atoms with E-state index in [0.717, 1.165) is 6.42 Å². The highest BCUT2D eigenvalue weighted by Crippen LogP contribution is 2.28. The van der Waals surface area contributed by atoms with Crippen LogP contribution in [0.1, 0.15) is 54.9 Å². The second-order valence-electron chi connectivity index (χ2n) is 6.46. The Morgan fingerprint density at radius 2 is 1.50 bits per heavy atom. The number of hydrogen-bond acceptors (Lipinski definition) is 1.